The smallest absolute Gasteiger partial charge is 0.288 e. The van der Waals surface area contributed by atoms with Crippen molar-refractivity contribution >= 4 is 29.4 Å². The molecule has 0 aliphatic heterocycles. The highest BCUT2D eigenvalue weighted by atomic mass is 32.2. The number of halogens is 3. The Morgan fingerprint density at radius 1 is 1.21 bits per heavy atom. The van der Waals surface area contributed by atoms with Crippen LogP contribution in [0, 0.1) is 17.1 Å². The fraction of sp³-hybridized carbons (Fsp3) is 0.0588. The first-order valence-electron chi connectivity index (χ1n) is 6.71. The van der Waals surface area contributed by atoms with Crippen LogP contribution in [-0.4, -0.2) is 11.7 Å². The van der Waals surface area contributed by atoms with Gasteiger partial charge in [-0.2, -0.15) is 14.0 Å². The van der Waals surface area contributed by atoms with Crippen molar-refractivity contribution in [1.82, 2.24) is 0 Å². The van der Waals surface area contributed by atoms with Gasteiger partial charge in [0.25, 0.3) is 11.7 Å². The topological polar surface area (TPSA) is 52.9 Å². The second-order valence-corrected chi connectivity index (χ2v) is 5.65. The number of rotatable bonds is 5. The van der Waals surface area contributed by atoms with Crippen LogP contribution in [0.1, 0.15) is 5.56 Å². The number of hydrogen-bond donors (Lipinski definition) is 1. The van der Waals surface area contributed by atoms with Gasteiger partial charge >= 0.3 is 0 Å². The number of benzene rings is 2. The molecule has 0 atom stereocenters. The van der Waals surface area contributed by atoms with Gasteiger partial charge in [-0.15, -0.1) is 0 Å². The van der Waals surface area contributed by atoms with Gasteiger partial charge in [-0.05, 0) is 48.0 Å². The van der Waals surface area contributed by atoms with Gasteiger partial charge in [-0.1, -0.05) is 23.9 Å². The summed E-state index contributed by atoms with van der Waals surface area (Å²) in [6, 6.07) is 13.0. The van der Waals surface area contributed by atoms with Gasteiger partial charge in [-0.3, -0.25) is 4.79 Å². The van der Waals surface area contributed by atoms with Crippen LogP contribution in [0.25, 0.3) is 6.08 Å². The molecule has 1 N–H and O–H groups in total. The van der Waals surface area contributed by atoms with Crippen molar-refractivity contribution in [2.24, 2.45) is 0 Å². The fourth-order valence-corrected chi connectivity index (χ4v) is 2.33. The minimum atomic E-state index is -2.52. The lowest BCUT2D eigenvalue weighted by Gasteiger charge is -2.06. The lowest BCUT2D eigenvalue weighted by atomic mass is 10.1. The molecule has 2 aromatic rings. The highest BCUT2D eigenvalue weighted by Crippen LogP contribution is 2.26. The van der Waals surface area contributed by atoms with E-state index in [1.807, 2.05) is 0 Å². The molecule has 3 nitrogen and oxygen atoms in total. The number of hydrogen-bond acceptors (Lipinski definition) is 3. The summed E-state index contributed by atoms with van der Waals surface area (Å²) in [6.07, 6.45) is 1.26. The van der Waals surface area contributed by atoms with E-state index in [4.69, 9.17) is 5.26 Å². The van der Waals surface area contributed by atoms with Crippen molar-refractivity contribution < 1.29 is 18.0 Å². The van der Waals surface area contributed by atoms with Gasteiger partial charge in [0.15, 0.2) is 0 Å². The van der Waals surface area contributed by atoms with Gasteiger partial charge in [0, 0.05) is 10.6 Å². The molecule has 24 heavy (non-hydrogen) atoms. The maximum Gasteiger partial charge on any atom is 0.288 e. The Hall–Kier alpha value is -2.72. The number of anilines is 1. The van der Waals surface area contributed by atoms with E-state index in [0.29, 0.717) is 27.9 Å². The fourth-order valence-electron chi connectivity index (χ4n) is 1.83. The van der Waals surface area contributed by atoms with Crippen molar-refractivity contribution in [3.05, 3.63) is 65.5 Å². The number of thioether (sulfide) groups is 1. The average molecular weight is 348 g/mol. The van der Waals surface area contributed by atoms with Gasteiger partial charge in [0.2, 0.25) is 0 Å². The highest BCUT2D eigenvalue weighted by Gasteiger charge is 2.10. The molecule has 0 fully saturated rings. The number of nitriles is 1. The number of carbonyl (C=O) groups excluding carboxylic acids is 1. The normalized spacial score (nSPS) is 11.2. The molecule has 0 saturated heterocycles. The molecular weight excluding hydrogens is 337 g/mol. The first-order valence-corrected chi connectivity index (χ1v) is 7.59. The van der Waals surface area contributed by atoms with Gasteiger partial charge in [0.1, 0.15) is 17.5 Å². The van der Waals surface area contributed by atoms with Crippen LogP contribution in [0.5, 0.6) is 0 Å². The molecule has 0 bridgehead atoms. The third-order valence-corrected chi connectivity index (χ3v) is 3.58. The second kappa shape index (κ2) is 8.22. The molecule has 2 rings (SSSR count). The molecule has 0 aliphatic carbocycles. The van der Waals surface area contributed by atoms with Crippen LogP contribution in [0.15, 0.2) is 59.0 Å². The molecular formula is C17H11F3N2OS. The SMILES string of the molecule is N#C/C(=C\c1cccc(F)c1)C(=O)Nc1ccc(SC(F)F)cc1. The Bertz CT molecular complexity index is 798. The predicted octanol–water partition coefficient (Wildman–Crippen LogP) is 4.69. The van der Waals surface area contributed by atoms with Crippen molar-refractivity contribution in [2.45, 2.75) is 10.7 Å². The van der Waals surface area contributed by atoms with Crippen molar-refractivity contribution in [3.63, 3.8) is 0 Å². The molecule has 0 spiro atoms. The maximum atomic E-state index is 13.1. The molecule has 2 aromatic carbocycles. The standard InChI is InChI=1S/C17H11F3N2OS/c18-13-3-1-2-11(9-13)8-12(10-21)16(23)22-14-4-6-15(7-5-14)24-17(19)20/h1-9,17H,(H,22,23)/b12-8+. The van der Waals surface area contributed by atoms with Gasteiger partial charge in [-0.25, -0.2) is 4.39 Å². The number of amides is 1. The minimum absolute atomic E-state index is 0.202. The predicted molar refractivity (Wildman–Crippen MR) is 86.9 cm³/mol. The van der Waals surface area contributed by atoms with E-state index < -0.39 is 17.5 Å². The van der Waals surface area contributed by atoms with E-state index in [-0.39, 0.29) is 5.57 Å². The van der Waals surface area contributed by atoms with Crippen molar-refractivity contribution in [3.8, 4) is 6.07 Å². The van der Waals surface area contributed by atoms with Crippen LogP contribution in [0.3, 0.4) is 0 Å². The van der Waals surface area contributed by atoms with Crippen molar-refractivity contribution in [2.75, 3.05) is 5.32 Å². The third-order valence-electron chi connectivity index (χ3n) is 2.86. The zero-order chi connectivity index (χ0) is 17.5. The highest BCUT2D eigenvalue weighted by molar-refractivity contribution is 7.99. The van der Waals surface area contributed by atoms with Crippen LogP contribution >= 0.6 is 11.8 Å². The summed E-state index contributed by atoms with van der Waals surface area (Å²) in [6.45, 7) is 0. The van der Waals surface area contributed by atoms with E-state index >= 15 is 0 Å². The van der Waals surface area contributed by atoms with E-state index in [9.17, 15) is 18.0 Å². The summed E-state index contributed by atoms with van der Waals surface area (Å²) in [5, 5.41) is 11.6. The van der Waals surface area contributed by atoms with Crippen molar-refractivity contribution in [1.29, 1.82) is 5.26 Å². The summed E-state index contributed by atoms with van der Waals surface area (Å²) >= 11 is 0.395. The summed E-state index contributed by atoms with van der Waals surface area (Å²) in [5.74, 6) is -3.67. The molecule has 7 heteroatoms. The van der Waals surface area contributed by atoms with E-state index in [0.717, 1.165) is 0 Å². The molecule has 1 amide bonds. The number of nitrogens with zero attached hydrogens (tertiary/aromatic N) is 1. The molecule has 0 saturated carbocycles. The lowest BCUT2D eigenvalue weighted by Crippen LogP contribution is -2.13. The Balaban J connectivity index is 2.11. The van der Waals surface area contributed by atoms with E-state index in [2.05, 4.69) is 5.32 Å². The summed E-state index contributed by atoms with van der Waals surface area (Å²) in [7, 11) is 0. The van der Waals surface area contributed by atoms with Gasteiger partial charge in [0.05, 0.1) is 0 Å². The van der Waals surface area contributed by atoms with Crippen LogP contribution < -0.4 is 5.32 Å². The van der Waals surface area contributed by atoms with Gasteiger partial charge < -0.3 is 5.32 Å². The molecule has 122 valence electrons. The van der Waals surface area contributed by atoms with Crippen LogP contribution in [-0.2, 0) is 4.79 Å². The second-order valence-electron chi connectivity index (χ2n) is 4.58. The lowest BCUT2D eigenvalue weighted by molar-refractivity contribution is -0.112. The first kappa shape index (κ1) is 17.6. The van der Waals surface area contributed by atoms with Crippen LogP contribution in [0.4, 0.5) is 18.9 Å². The molecule has 0 unspecified atom stereocenters. The maximum absolute atomic E-state index is 13.1. The molecule has 0 aromatic heterocycles. The Morgan fingerprint density at radius 2 is 1.92 bits per heavy atom. The summed E-state index contributed by atoms with van der Waals surface area (Å²) in [5.41, 5.74) is 0.538. The largest absolute Gasteiger partial charge is 0.321 e. The zero-order valence-corrected chi connectivity index (χ0v) is 13.0. The Kier molecular flexibility index (Phi) is 6.04. The summed E-state index contributed by atoms with van der Waals surface area (Å²) in [4.78, 5) is 12.4. The third kappa shape index (κ3) is 5.18. The van der Waals surface area contributed by atoms with Crippen LogP contribution in [0.2, 0.25) is 0 Å². The van der Waals surface area contributed by atoms with E-state index in [1.165, 1.54) is 48.5 Å². The Labute approximate surface area is 140 Å². The zero-order valence-electron chi connectivity index (χ0n) is 12.2. The first-order chi connectivity index (χ1) is 11.5. The summed E-state index contributed by atoms with van der Waals surface area (Å²) < 4.78 is 37.6. The molecule has 0 heterocycles. The monoisotopic (exact) mass is 348 g/mol. The molecule has 0 radical (unpaired) electrons. The quantitative estimate of drug-likeness (QED) is 0.485. The minimum Gasteiger partial charge on any atom is -0.321 e. The number of alkyl halides is 2. The molecule has 0 aliphatic rings. The number of nitrogens with one attached hydrogen (secondary N) is 1. The van der Waals surface area contributed by atoms with E-state index in [1.54, 1.807) is 12.1 Å². The Morgan fingerprint density at radius 3 is 2.50 bits per heavy atom. The number of carbonyl (C=O) groups is 1. The average Bonchev–Trinajstić information content (AvgIpc) is 2.54.